The standard InChI is InChI=1S/C21H30ClN3/c1-7-15(8-2)23-21-19(10-4)24-20(18(9-3)25-21)16-12-17(22)14(6)11-13(16)5/h11-12,15H,7-10H2,1-6H3,(H,23,25). The van der Waals surface area contributed by atoms with Crippen molar-refractivity contribution < 1.29 is 0 Å². The van der Waals surface area contributed by atoms with Crippen molar-refractivity contribution in [3.63, 3.8) is 0 Å². The minimum absolute atomic E-state index is 0.436. The van der Waals surface area contributed by atoms with E-state index in [0.29, 0.717) is 6.04 Å². The van der Waals surface area contributed by atoms with Crippen LogP contribution < -0.4 is 5.32 Å². The second-order valence-electron chi connectivity index (χ2n) is 6.60. The lowest BCUT2D eigenvalue weighted by atomic mass is 10.00. The van der Waals surface area contributed by atoms with E-state index in [4.69, 9.17) is 21.6 Å². The molecule has 1 aromatic carbocycles. The van der Waals surface area contributed by atoms with Crippen LogP contribution in [0.2, 0.25) is 5.02 Å². The summed E-state index contributed by atoms with van der Waals surface area (Å²) in [5.41, 5.74) is 6.38. The van der Waals surface area contributed by atoms with Gasteiger partial charge in [-0.2, -0.15) is 0 Å². The number of benzene rings is 1. The molecule has 4 heteroatoms. The Balaban J connectivity index is 2.58. The van der Waals surface area contributed by atoms with Crippen molar-refractivity contribution in [2.75, 3.05) is 5.32 Å². The zero-order chi connectivity index (χ0) is 18.6. The van der Waals surface area contributed by atoms with Gasteiger partial charge in [0.2, 0.25) is 0 Å². The van der Waals surface area contributed by atoms with Gasteiger partial charge >= 0.3 is 0 Å². The maximum absolute atomic E-state index is 6.38. The van der Waals surface area contributed by atoms with Crippen molar-refractivity contribution in [2.24, 2.45) is 0 Å². The van der Waals surface area contributed by atoms with E-state index in [1.807, 2.05) is 13.0 Å². The van der Waals surface area contributed by atoms with Crippen molar-refractivity contribution in [2.45, 2.75) is 73.3 Å². The van der Waals surface area contributed by atoms with Crippen LogP contribution in [0.4, 0.5) is 5.82 Å². The molecule has 0 fully saturated rings. The Morgan fingerprint density at radius 1 is 0.920 bits per heavy atom. The van der Waals surface area contributed by atoms with Gasteiger partial charge in [-0.05, 0) is 56.7 Å². The average Bonchev–Trinajstić information content (AvgIpc) is 2.62. The highest BCUT2D eigenvalue weighted by Crippen LogP contribution is 2.31. The van der Waals surface area contributed by atoms with Crippen molar-refractivity contribution >= 4 is 17.4 Å². The van der Waals surface area contributed by atoms with Crippen LogP contribution in [0.5, 0.6) is 0 Å². The Morgan fingerprint density at radius 3 is 2.12 bits per heavy atom. The fraction of sp³-hybridized carbons (Fsp3) is 0.524. The van der Waals surface area contributed by atoms with Gasteiger partial charge in [0.15, 0.2) is 0 Å². The second kappa shape index (κ2) is 8.66. The predicted molar refractivity (Wildman–Crippen MR) is 109 cm³/mol. The number of hydrogen-bond donors (Lipinski definition) is 1. The topological polar surface area (TPSA) is 37.8 Å². The number of hydrogen-bond acceptors (Lipinski definition) is 3. The van der Waals surface area contributed by atoms with Gasteiger partial charge in [0.1, 0.15) is 5.82 Å². The molecule has 0 aliphatic rings. The normalized spacial score (nSPS) is 11.2. The van der Waals surface area contributed by atoms with Gasteiger partial charge in [-0.15, -0.1) is 0 Å². The molecule has 0 unspecified atom stereocenters. The molecule has 3 nitrogen and oxygen atoms in total. The highest BCUT2D eigenvalue weighted by atomic mass is 35.5. The third kappa shape index (κ3) is 4.33. The molecule has 2 aromatic rings. The molecule has 1 N–H and O–H groups in total. The lowest BCUT2D eigenvalue weighted by molar-refractivity contribution is 0.665. The summed E-state index contributed by atoms with van der Waals surface area (Å²) in [6.45, 7) is 12.8. The molecule has 0 aliphatic heterocycles. The first-order valence-corrected chi connectivity index (χ1v) is 9.76. The fourth-order valence-corrected chi connectivity index (χ4v) is 3.26. The van der Waals surface area contributed by atoms with Crippen LogP contribution in [0.3, 0.4) is 0 Å². The van der Waals surface area contributed by atoms with Gasteiger partial charge in [-0.3, -0.25) is 0 Å². The minimum Gasteiger partial charge on any atom is -0.366 e. The summed E-state index contributed by atoms with van der Waals surface area (Å²) in [5.74, 6) is 0.938. The lowest BCUT2D eigenvalue weighted by Gasteiger charge is -2.20. The van der Waals surface area contributed by atoms with E-state index in [1.54, 1.807) is 0 Å². The average molecular weight is 360 g/mol. The minimum atomic E-state index is 0.436. The van der Waals surface area contributed by atoms with Gasteiger partial charge in [-0.25, -0.2) is 9.97 Å². The van der Waals surface area contributed by atoms with Crippen LogP contribution >= 0.6 is 11.6 Å². The fourth-order valence-electron chi connectivity index (χ4n) is 3.10. The molecular weight excluding hydrogens is 330 g/mol. The molecule has 0 saturated heterocycles. The Hall–Kier alpha value is -1.61. The summed E-state index contributed by atoms with van der Waals surface area (Å²) in [5, 5.41) is 4.37. The van der Waals surface area contributed by atoms with Crippen LogP contribution in [0.1, 0.15) is 63.1 Å². The highest BCUT2D eigenvalue weighted by Gasteiger charge is 2.17. The predicted octanol–water partition coefficient (Wildman–Crippen LogP) is 6.14. The number of halogens is 1. The Bertz CT molecular complexity index is 736. The molecule has 1 heterocycles. The van der Waals surface area contributed by atoms with Crippen molar-refractivity contribution in [3.8, 4) is 11.3 Å². The van der Waals surface area contributed by atoms with E-state index in [1.165, 1.54) is 5.56 Å². The zero-order valence-electron chi connectivity index (χ0n) is 16.3. The largest absolute Gasteiger partial charge is 0.366 e. The third-order valence-electron chi connectivity index (χ3n) is 4.80. The van der Waals surface area contributed by atoms with E-state index >= 15 is 0 Å². The molecule has 0 atom stereocenters. The van der Waals surface area contributed by atoms with Crippen LogP contribution in [-0.2, 0) is 12.8 Å². The smallest absolute Gasteiger partial charge is 0.148 e. The molecule has 2 rings (SSSR count). The highest BCUT2D eigenvalue weighted by molar-refractivity contribution is 6.31. The zero-order valence-corrected chi connectivity index (χ0v) is 17.1. The molecule has 0 bridgehead atoms. The molecule has 0 amide bonds. The summed E-state index contributed by atoms with van der Waals surface area (Å²) in [6, 6.07) is 4.59. The molecule has 0 spiro atoms. The molecule has 1 aromatic heterocycles. The Labute approximate surface area is 157 Å². The van der Waals surface area contributed by atoms with Gasteiger partial charge < -0.3 is 5.32 Å². The van der Waals surface area contributed by atoms with E-state index < -0.39 is 0 Å². The number of rotatable bonds is 7. The number of nitrogens with one attached hydrogen (secondary N) is 1. The number of aromatic nitrogens is 2. The van der Waals surface area contributed by atoms with Crippen molar-refractivity contribution in [1.29, 1.82) is 0 Å². The third-order valence-corrected chi connectivity index (χ3v) is 5.20. The maximum Gasteiger partial charge on any atom is 0.148 e. The molecule has 25 heavy (non-hydrogen) atoms. The number of anilines is 1. The summed E-state index contributed by atoms with van der Waals surface area (Å²) >= 11 is 6.38. The van der Waals surface area contributed by atoms with Crippen LogP contribution in [0.25, 0.3) is 11.3 Å². The summed E-state index contributed by atoms with van der Waals surface area (Å²) in [7, 11) is 0. The first-order valence-electron chi connectivity index (χ1n) is 9.38. The first kappa shape index (κ1) is 19.7. The first-order chi connectivity index (χ1) is 11.9. The summed E-state index contributed by atoms with van der Waals surface area (Å²) in [6.07, 6.45) is 3.86. The molecular formula is C21H30ClN3. The van der Waals surface area contributed by atoms with E-state index in [9.17, 15) is 0 Å². The molecule has 0 aliphatic carbocycles. The van der Waals surface area contributed by atoms with Crippen molar-refractivity contribution in [3.05, 3.63) is 39.7 Å². The molecule has 136 valence electrons. The van der Waals surface area contributed by atoms with Crippen LogP contribution in [-0.4, -0.2) is 16.0 Å². The van der Waals surface area contributed by atoms with Gasteiger partial charge in [0.25, 0.3) is 0 Å². The monoisotopic (exact) mass is 359 g/mol. The molecule has 0 radical (unpaired) electrons. The van der Waals surface area contributed by atoms with Gasteiger partial charge in [-0.1, -0.05) is 45.4 Å². The lowest BCUT2D eigenvalue weighted by Crippen LogP contribution is -2.20. The van der Waals surface area contributed by atoms with E-state index in [2.05, 4.69) is 46.0 Å². The maximum atomic E-state index is 6.38. The summed E-state index contributed by atoms with van der Waals surface area (Å²) in [4.78, 5) is 9.95. The quantitative estimate of drug-likeness (QED) is 0.645. The Kier molecular flexibility index (Phi) is 6.83. The second-order valence-corrected chi connectivity index (χ2v) is 7.00. The number of aryl methyl sites for hydroxylation is 4. The van der Waals surface area contributed by atoms with E-state index in [-0.39, 0.29) is 0 Å². The summed E-state index contributed by atoms with van der Waals surface area (Å²) < 4.78 is 0. The number of nitrogens with zero attached hydrogens (tertiary/aromatic N) is 2. The van der Waals surface area contributed by atoms with Crippen LogP contribution in [0, 0.1) is 13.8 Å². The molecule has 0 saturated carbocycles. The van der Waals surface area contributed by atoms with Gasteiger partial charge in [0.05, 0.1) is 17.1 Å². The van der Waals surface area contributed by atoms with Crippen LogP contribution in [0.15, 0.2) is 12.1 Å². The Morgan fingerprint density at radius 2 is 1.56 bits per heavy atom. The van der Waals surface area contributed by atoms with Crippen molar-refractivity contribution in [1.82, 2.24) is 9.97 Å². The SMILES string of the molecule is CCc1nc(-c2cc(Cl)c(C)cc2C)c(CC)nc1NC(CC)CC. The van der Waals surface area contributed by atoms with Gasteiger partial charge in [0, 0.05) is 16.6 Å². The van der Waals surface area contributed by atoms with E-state index in [0.717, 1.165) is 64.7 Å².